The van der Waals surface area contributed by atoms with Gasteiger partial charge in [-0.15, -0.1) is 0 Å². The first-order valence-corrected chi connectivity index (χ1v) is 7.32. The number of pyridine rings is 1. The lowest BCUT2D eigenvalue weighted by molar-refractivity contribution is 0.0970. The smallest absolute Gasteiger partial charge is 0.258 e. The van der Waals surface area contributed by atoms with E-state index in [0.29, 0.717) is 10.9 Å². The Hall–Kier alpha value is -2.20. The highest BCUT2D eigenvalue weighted by Gasteiger charge is 2.11. The highest BCUT2D eigenvalue weighted by Crippen LogP contribution is 2.17. The van der Waals surface area contributed by atoms with Crippen molar-refractivity contribution in [1.82, 2.24) is 4.57 Å². The van der Waals surface area contributed by atoms with Crippen molar-refractivity contribution in [3.05, 3.63) is 81.2 Å². The summed E-state index contributed by atoms with van der Waals surface area (Å²) in [4.78, 5) is 24.7. The van der Waals surface area contributed by atoms with Gasteiger partial charge in [0.05, 0.1) is 6.54 Å². The minimum Gasteiger partial charge on any atom is -0.307 e. The van der Waals surface area contributed by atoms with Crippen molar-refractivity contribution in [2.45, 2.75) is 6.54 Å². The van der Waals surface area contributed by atoms with Gasteiger partial charge in [-0.2, -0.15) is 0 Å². The average Bonchev–Trinajstić information content (AvgIpc) is 2.51. The maximum absolute atomic E-state index is 12.4. The molecule has 3 aromatic rings. The van der Waals surface area contributed by atoms with Crippen LogP contribution < -0.4 is 5.56 Å². The molecular weight excluding hydrogens is 330 g/mol. The van der Waals surface area contributed by atoms with Crippen LogP contribution in [0, 0.1) is 0 Å². The van der Waals surface area contributed by atoms with Crippen LogP contribution in [-0.2, 0) is 6.54 Å². The van der Waals surface area contributed by atoms with Crippen LogP contribution in [0.3, 0.4) is 0 Å². The molecule has 21 heavy (non-hydrogen) atoms. The number of halogens is 1. The number of hydrogen-bond donors (Lipinski definition) is 0. The molecule has 0 unspecified atom stereocenters. The molecule has 1 heterocycles. The number of benzene rings is 2. The van der Waals surface area contributed by atoms with Gasteiger partial charge in [0.2, 0.25) is 0 Å². The summed E-state index contributed by atoms with van der Waals surface area (Å²) in [5.41, 5.74) is 0.436. The van der Waals surface area contributed by atoms with Crippen molar-refractivity contribution in [2.75, 3.05) is 0 Å². The molecule has 0 amide bonds. The van der Waals surface area contributed by atoms with Crippen LogP contribution in [0.2, 0.25) is 0 Å². The van der Waals surface area contributed by atoms with Crippen LogP contribution in [-0.4, -0.2) is 10.4 Å². The van der Waals surface area contributed by atoms with Crippen LogP contribution in [0.4, 0.5) is 0 Å². The van der Waals surface area contributed by atoms with E-state index in [4.69, 9.17) is 0 Å². The molecule has 3 nitrogen and oxygen atoms in total. The summed E-state index contributed by atoms with van der Waals surface area (Å²) in [6.45, 7) is 0.0340. The molecule has 0 aliphatic heterocycles. The van der Waals surface area contributed by atoms with Crippen molar-refractivity contribution < 1.29 is 4.79 Å². The normalized spacial score (nSPS) is 10.7. The number of nitrogens with zero attached hydrogens (tertiary/aromatic N) is 1. The highest BCUT2D eigenvalue weighted by atomic mass is 79.9. The minimum atomic E-state index is -0.145. The van der Waals surface area contributed by atoms with Crippen molar-refractivity contribution in [3.8, 4) is 0 Å². The van der Waals surface area contributed by atoms with Gasteiger partial charge in [-0.05, 0) is 23.6 Å². The van der Waals surface area contributed by atoms with E-state index in [1.807, 2.05) is 36.4 Å². The van der Waals surface area contributed by atoms with Crippen LogP contribution in [0.1, 0.15) is 10.4 Å². The van der Waals surface area contributed by atoms with Gasteiger partial charge in [-0.1, -0.05) is 52.3 Å². The monoisotopic (exact) mass is 341 g/mol. The lowest BCUT2D eigenvalue weighted by Crippen LogP contribution is -2.23. The maximum Gasteiger partial charge on any atom is 0.258 e. The average molecular weight is 342 g/mol. The van der Waals surface area contributed by atoms with Crippen LogP contribution >= 0.6 is 15.9 Å². The molecule has 3 rings (SSSR count). The fourth-order valence-corrected chi connectivity index (χ4v) is 2.79. The predicted molar refractivity (Wildman–Crippen MR) is 86.7 cm³/mol. The molecule has 0 aliphatic carbocycles. The quantitative estimate of drug-likeness (QED) is 0.682. The zero-order valence-corrected chi connectivity index (χ0v) is 12.7. The van der Waals surface area contributed by atoms with Crippen molar-refractivity contribution in [2.24, 2.45) is 0 Å². The molecule has 2 aromatic carbocycles. The van der Waals surface area contributed by atoms with E-state index in [1.54, 1.807) is 24.4 Å². The van der Waals surface area contributed by atoms with E-state index in [9.17, 15) is 9.59 Å². The van der Waals surface area contributed by atoms with E-state index in [1.165, 1.54) is 4.57 Å². The number of ketones is 1. The largest absolute Gasteiger partial charge is 0.307 e. The molecule has 0 atom stereocenters. The topological polar surface area (TPSA) is 39.1 Å². The number of hydrogen-bond acceptors (Lipinski definition) is 2. The first-order valence-electron chi connectivity index (χ1n) is 6.53. The zero-order chi connectivity index (χ0) is 14.8. The number of aromatic nitrogens is 1. The summed E-state index contributed by atoms with van der Waals surface area (Å²) in [5.74, 6) is -0.0974. The standard InChI is InChI=1S/C17H12BrNO2/c18-15-8-4-3-7-14(15)16(20)11-19-10-9-12-5-1-2-6-13(12)17(19)21/h1-10H,11H2. The summed E-state index contributed by atoms with van der Waals surface area (Å²) in [7, 11) is 0. The van der Waals surface area contributed by atoms with Crippen LogP contribution in [0.5, 0.6) is 0 Å². The number of carbonyl (C=O) groups is 1. The van der Waals surface area contributed by atoms with E-state index in [-0.39, 0.29) is 17.9 Å². The van der Waals surface area contributed by atoms with Gasteiger partial charge in [-0.25, -0.2) is 0 Å². The van der Waals surface area contributed by atoms with Gasteiger partial charge in [-0.3, -0.25) is 9.59 Å². The molecule has 4 heteroatoms. The first kappa shape index (κ1) is 13.8. The number of fused-ring (bicyclic) bond motifs is 1. The molecule has 0 saturated carbocycles. The van der Waals surface area contributed by atoms with E-state index in [2.05, 4.69) is 15.9 Å². The minimum absolute atomic E-state index is 0.0340. The van der Waals surface area contributed by atoms with Gasteiger partial charge in [0.25, 0.3) is 5.56 Å². The van der Waals surface area contributed by atoms with Crippen LogP contribution in [0.15, 0.2) is 70.1 Å². The van der Waals surface area contributed by atoms with E-state index >= 15 is 0 Å². The molecule has 0 radical (unpaired) electrons. The first-order chi connectivity index (χ1) is 10.2. The maximum atomic E-state index is 12.4. The molecule has 0 saturated heterocycles. The second kappa shape index (κ2) is 5.66. The Kier molecular flexibility index (Phi) is 3.71. The van der Waals surface area contributed by atoms with Crippen LogP contribution in [0.25, 0.3) is 10.8 Å². The van der Waals surface area contributed by atoms with Gasteiger partial charge in [0.1, 0.15) is 0 Å². The zero-order valence-electron chi connectivity index (χ0n) is 11.1. The summed E-state index contributed by atoms with van der Waals surface area (Å²) >= 11 is 3.36. The van der Waals surface area contributed by atoms with Crippen molar-refractivity contribution in [3.63, 3.8) is 0 Å². The fraction of sp³-hybridized carbons (Fsp3) is 0.0588. The third kappa shape index (κ3) is 2.67. The molecule has 0 bridgehead atoms. The molecule has 104 valence electrons. The van der Waals surface area contributed by atoms with E-state index < -0.39 is 0 Å². The molecule has 0 fully saturated rings. The summed E-state index contributed by atoms with van der Waals surface area (Å²) < 4.78 is 2.19. The molecule has 0 N–H and O–H groups in total. The fourth-order valence-electron chi connectivity index (χ4n) is 2.28. The van der Waals surface area contributed by atoms with Gasteiger partial charge < -0.3 is 4.57 Å². The Morgan fingerprint density at radius 2 is 1.71 bits per heavy atom. The highest BCUT2D eigenvalue weighted by molar-refractivity contribution is 9.10. The summed E-state index contributed by atoms with van der Waals surface area (Å²) in [6.07, 6.45) is 1.67. The molecule has 0 aliphatic rings. The van der Waals surface area contributed by atoms with Gasteiger partial charge >= 0.3 is 0 Å². The SMILES string of the molecule is O=C(Cn1ccc2ccccc2c1=O)c1ccccc1Br. The van der Waals surface area contributed by atoms with Crippen molar-refractivity contribution in [1.29, 1.82) is 0 Å². The Balaban J connectivity index is 1.99. The Labute approximate surface area is 130 Å². The summed E-state index contributed by atoms with van der Waals surface area (Å²) in [5, 5.41) is 1.51. The number of Topliss-reactive ketones (excluding diaryl/α,β-unsaturated/α-hetero) is 1. The molecular formula is C17H12BrNO2. The Morgan fingerprint density at radius 3 is 2.52 bits per heavy atom. The lowest BCUT2D eigenvalue weighted by atomic mass is 10.1. The lowest BCUT2D eigenvalue weighted by Gasteiger charge is -2.07. The Morgan fingerprint density at radius 1 is 1.00 bits per heavy atom. The van der Waals surface area contributed by atoms with Gasteiger partial charge in [0.15, 0.2) is 5.78 Å². The molecule has 0 spiro atoms. The van der Waals surface area contributed by atoms with Gasteiger partial charge in [0, 0.05) is 21.6 Å². The predicted octanol–water partition coefficient (Wildman–Crippen LogP) is 3.65. The summed E-state index contributed by atoms with van der Waals surface area (Å²) in [6, 6.07) is 16.4. The Bertz CT molecular complexity index is 883. The second-order valence-electron chi connectivity index (χ2n) is 4.74. The second-order valence-corrected chi connectivity index (χ2v) is 5.59. The number of rotatable bonds is 3. The third-order valence-electron chi connectivity index (χ3n) is 3.37. The van der Waals surface area contributed by atoms with E-state index in [0.717, 1.165) is 9.86 Å². The number of carbonyl (C=O) groups excluding carboxylic acids is 1. The third-order valence-corrected chi connectivity index (χ3v) is 4.07. The molecule has 1 aromatic heterocycles. The van der Waals surface area contributed by atoms with Crippen molar-refractivity contribution >= 4 is 32.5 Å².